The molecule has 24 heavy (non-hydrogen) atoms. The summed E-state index contributed by atoms with van der Waals surface area (Å²) in [6.45, 7) is 7.75. The number of amides is 2. The summed E-state index contributed by atoms with van der Waals surface area (Å²) in [5, 5.41) is 3.02. The van der Waals surface area contributed by atoms with E-state index in [4.69, 9.17) is 4.42 Å². The molecule has 1 atom stereocenters. The van der Waals surface area contributed by atoms with E-state index in [9.17, 15) is 9.59 Å². The Kier molecular flexibility index (Phi) is 4.65. The predicted molar refractivity (Wildman–Crippen MR) is 89.6 cm³/mol. The van der Waals surface area contributed by atoms with Gasteiger partial charge in [-0.3, -0.25) is 9.59 Å². The summed E-state index contributed by atoms with van der Waals surface area (Å²) < 4.78 is 5.43. The molecule has 1 unspecified atom stereocenters. The number of nitrogens with one attached hydrogen (secondary N) is 1. The highest BCUT2D eigenvalue weighted by Crippen LogP contribution is 2.41. The summed E-state index contributed by atoms with van der Waals surface area (Å²) in [7, 11) is 0. The van der Waals surface area contributed by atoms with Gasteiger partial charge in [0.15, 0.2) is 12.1 Å². The van der Waals surface area contributed by atoms with Crippen molar-refractivity contribution in [1.29, 1.82) is 0 Å². The van der Waals surface area contributed by atoms with Crippen LogP contribution in [0.4, 0.5) is 0 Å². The van der Waals surface area contributed by atoms with Crippen LogP contribution in [-0.2, 0) is 4.79 Å². The van der Waals surface area contributed by atoms with E-state index in [2.05, 4.69) is 10.3 Å². The summed E-state index contributed by atoms with van der Waals surface area (Å²) in [6.07, 6.45) is 5.53. The van der Waals surface area contributed by atoms with Crippen LogP contribution in [0, 0.1) is 11.3 Å². The zero-order chi connectivity index (χ0) is 17.3. The highest BCUT2D eigenvalue weighted by atomic mass is 16.3. The maximum absolute atomic E-state index is 12.8. The number of hydrogen-bond donors (Lipinski definition) is 1. The van der Waals surface area contributed by atoms with Gasteiger partial charge in [0, 0.05) is 31.0 Å². The second-order valence-corrected chi connectivity index (χ2v) is 8.06. The van der Waals surface area contributed by atoms with Crippen LogP contribution >= 0.6 is 0 Å². The molecule has 1 saturated carbocycles. The summed E-state index contributed by atoms with van der Waals surface area (Å²) in [6, 6.07) is 0. The van der Waals surface area contributed by atoms with Crippen molar-refractivity contribution in [1.82, 2.24) is 15.2 Å². The summed E-state index contributed by atoms with van der Waals surface area (Å²) >= 11 is 0. The monoisotopic (exact) mass is 333 g/mol. The molecule has 0 spiro atoms. The Morgan fingerprint density at radius 1 is 1.33 bits per heavy atom. The molecule has 1 aliphatic carbocycles. The lowest BCUT2D eigenvalue weighted by molar-refractivity contribution is -0.128. The van der Waals surface area contributed by atoms with Crippen LogP contribution in [0.5, 0.6) is 0 Å². The maximum atomic E-state index is 12.8. The van der Waals surface area contributed by atoms with Crippen LogP contribution in [-0.4, -0.2) is 41.3 Å². The van der Waals surface area contributed by atoms with E-state index in [1.54, 1.807) is 0 Å². The fourth-order valence-corrected chi connectivity index (χ4v) is 3.12. The van der Waals surface area contributed by atoms with Crippen molar-refractivity contribution in [2.24, 2.45) is 11.3 Å². The normalized spacial score (nSPS) is 21.6. The number of carbonyl (C=O) groups excluding carboxylic acids is 2. The van der Waals surface area contributed by atoms with Gasteiger partial charge in [-0.05, 0) is 31.6 Å². The van der Waals surface area contributed by atoms with Crippen LogP contribution in [0.15, 0.2) is 10.8 Å². The fraction of sp³-hybridized carbons (Fsp3) is 0.722. The SMILES string of the molecule is CC(C)(C)C(=O)NCC1CCCN(C(=O)c2ncoc2C2CC2)C1. The van der Waals surface area contributed by atoms with Gasteiger partial charge in [0.25, 0.3) is 5.91 Å². The first kappa shape index (κ1) is 17.0. The molecule has 2 amide bonds. The standard InChI is InChI=1S/C18H27N3O3/c1-18(2,3)17(23)19-9-12-5-4-8-21(10-12)16(22)14-15(13-6-7-13)24-11-20-14/h11-13H,4-10H2,1-3H3,(H,19,23). The van der Waals surface area contributed by atoms with Crippen LogP contribution in [0.1, 0.15) is 68.6 Å². The van der Waals surface area contributed by atoms with E-state index in [0.717, 1.165) is 38.0 Å². The van der Waals surface area contributed by atoms with Crippen molar-refractivity contribution in [2.45, 2.75) is 52.4 Å². The average Bonchev–Trinajstić information content (AvgIpc) is 3.28. The molecule has 2 fully saturated rings. The molecule has 2 heterocycles. The number of nitrogens with zero attached hydrogens (tertiary/aromatic N) is 2. The number of piperidine rings is 1. The molecule has 0 aromatic carbocycles. The average molecular weight is 333 g/mol. The van der Waals surface area contributed by atoms with Gasteiger partial charge in [-0.1, -0.05) is 20.8 Å². The molecule has 0 radical (unpaired) electrons. The molecule has 1 saturated heterocycles. The first-order chi connectivity index (χ1) is 11.4. The summed E-state index contributed by atoms with van der Waals surface area (Å²) in [4.78, 5) is 30.8. The molecular weight excluding hydrogens is 306 g/mol. The smallest absolute Gasteiger partial charge is 0.276 e. The number of likely N-dealkylation sites (tertiary alicyclic amines) is 1. The summed E-state index contributed by atoms with van der Waals surface area (Å²) in [5.74, 6) is 1.45. The number of carbonyl (C=O) groups is 2. The lowest BCUT2D eigenvalue weighted by atomic mass is 9.94. The van der Waals surface area contributed by atoms with Crippen molar-refractivity contribution in [2.75, 3.05) is 19.6 Å². The molecule has 3 rings (SSSR count). The Morgan fingerprint density at radius 3 is 2.75 bits per heavy atom. The molecule has 132 valence electrons. The van der Waals surface area contributed by atoms with Crippen LogP contribution in [0.3, 0.4) is 0 Å². The van der Waals surface area contributed by atoms with Crippen molar-refractivity contribution < 1.29 is 14.0 Å². The molecule has 1 aromatic rings. The van der Waals surface area contributed by atoms with Crippen molar-refractivity contribution in [3.05, 3.63) is 17.8 Å². The van der Waals surface area contributed by atoms with E-state index in [1.165, 1.54) is 6.39 Å². The quantitative estimate of drug-likeness (QED) is 0.919. The zero-order valence-corrected chi connectivity index (χ0v) is 14.8. The number of hydrogen-bond acceptors (Lipinski definition) is 4. The Labute approximate surface area is 143 Å². The molecule has 6 nitrogen and oxygen atoms in total. The largest absolute Gasteiger partial charge is 0.447 e. The van der Waals surface area contributed by atoms with E-state index in [-0.39, 0.29) is 17.2 Å². The van der Waals surface area contributed by atoms with E-state index >= 15 is 0 Å². The molecule has 0 bridgehead atoms. The van der Waals surface area contributed by atoms with Gasteiger partial charge in [-0.2, -0.15) is 0 Å². The lowest BCUT2D eigenvalue weighted by Crippen LogP contribution is -2.45. The third kappa shape index (κ3) is 3.79. The first-order valence-corrected chi connectivity index (χ1v) is 8.87. The number of rotatable bonds is 4. The van der Waals surface area contributed by atoms with Gasteiger partial charge in [0.2, 0.25) is 5.91 Å². The van der Waals surface area contributed by atoms with Gasteiger partial charge in [0.05, 0.1) is 0 Å². The molecule has 2 aliphatic rings. The fourth-order valence-electron chi connectivity index (χ4n) is 3.12. The number of aromatic nitrogens is 1. The van der Waals surface area contributed by atoms with Gasteiger partial charge in [-0.15, -0.1) is 0 Å². The minimum atomic E-state index is -0.385. The highest BCUT2D eigenvalue weighted by molar-refractivity contribution is 5.93. The van der Waals surface area contributed by atoms with Gasteiger partial charge < -0.3 is 14.6 Å². The van der Waals surface area contributed by atoms with Gasteiger partial charge in [-0.25, -0.2) is 4.98 Å². The lowest BCUT2D eigenvalue weighted by Gasteiger charge is -2.33. The van der Waals surface area contributed by atoms with Crippen LogP contribution in [0.25, 0.3) is 0 Å². The van der Waals surface area contributed by atoms with Gasteiger partial charge >= 0.3 is 0 Å². The van der Waals surface area contributed by atoms with E-state index < -0.39 is 0 Å². The maximum Gasteiger partial charge on any atom is 0.276 e. The van der Waals surface area contributed by atoms with Crippen LogP contribution in [0.2, 0.25) is 0 Å². The third-order valence-corrected chi connectivity index (χ3v) is 4.78. The minimum absolute atomic E-state index is 0.0301. The Bertz CT molecular complexity index is 613. The minimum Gasteiger partial charge on any atom is -0.447 e. The van der Waals surface area contributed by atoms with Gasteiger partial charge in [0.1, 0.15) is 5.76 Å². The second-order valence-electron chi connectivity index (χ2n) is 8.06. The first-order valence-electron chi connectivity index (χ1n) is 8.87. The zero-order valence-electron chi connectivity index (χ0n) is 14.8. The molecular formula is C18H27N3O3. The van der Waals surface area contributed by atoms with Crippen molar-refractivity contribution >= 4 is 11.8 Å². The van der Waals surface area contributed by atoms with Crippen LogP contribution < -0.4 is 5.32 Å². The molecule has 1 aliphatic heterocycles. The Hall–Kier alpha value is -1.85. The molecule has 1 aromatic heterocycles. The highest BCUT2D eigenvalue weighted by Gasteiger charge is 2.35. The van der Waals surface area contributed by atoms with Crippen molar-refractivity contribution in [3.63, 3.8) is 0 Å². The summed E-state index contributed by atoms with van der Waals surface area (Å²) in [5.41, 5.74) is 0.0984. The number of oxazole rings is 1. The van der Waals surface area contributed by atoms with E-state index in [0.29, 0.717) is 30.6 Å². The predicted octanol–water partition coefficient (Wildman–Crippen LogP) is 2.57. The van der Waals surface area contributed by atoms with Crippen molar-refractivity contribution in [3.8, 4) is 0 Å². The second kappa shape index (κ2) is 6.57. The third-order valence-electron chi connectivity index (χ3n) is 4.78. The molecule has 1 N–H and O–H groups in total. The molecule has 6 heteroatoms. The van der Waals surface area contributed by atoms with E-state index in [1.807, 2.05) is 25.7 Å². The Morgan fingerprint density at radius 2 is 2.08 bits per heavy atom. The topological polar surface area (TPSA) is 75.4 Å². The Balaban J connectivity index is 1.58.